The van der Waals surface area contributed by atoms with Crippen LogP contribution in [0, 0.1) is 0 Å². The van der Waals surface area contributed by atoms with Crippen molar-refractivity contribution in [3.63, 3.8) is 0 Å². The summed E-state index contributed by atoms with van der Waals surface area (Å²) in [7, 11) is 0. The van der Waals surface area contributed by atoms with Gasteiger partial charge >= 0.3 is 0 Å². The second kappa shape index (κ2) is 14.4. The monoisotopic (exact) mass is 713 g/mol. The lowest BCUT2D eigenvalue weighted by Gasteiger charge is -2.13. The van der Waals surface area contributed by atoms with Crippen LogP contribution in [0.3, 0.4) is 0 Å². The Hall–Kier alpha value is -7.49. The summed E-state index contributed by atoms with van der Waals surface area (Å²) in [5.41, 5.74) is 16.7. The molecular weight excluding hydrogens is 679 g/mol. The lowest BCUT2D eigenvalue weighted by atomic mass is 9.96. The summed E-state index contributed by atoms with van der Waals surface area (Å²) in [6.07, 6.45) is 0. The first-order chi connectivity index (χ1) is 27.7. The Bertz CT molecular complexity index is 2920. The van der Waals surface area contributed by atoms with E-state index in [-0.39, 0.29) is 0 Å². The Morgan fingerprint density at radius 3 is 1.36 bits per heavy atom. The number of nitrogens with zero attached hydrogens (tertiary/aromatic N) is 3. The zero-order valence-corrected chi connectivity index (χ0v) is 30.5. The Morgan fingerprint density at radius 1 is 0.232 bits per heavy atom. The summed E-state index contributed by atoms with van der Waals surface area (Å²) in [6.45, 7) is 0. The first-order valence-corrected chi connectivity index (χ1v) is 18.9. The molecule has 0 saturated carbocycles. The lowest BCUT2D eigenvalue weighted by Crippen LogP contribution is -1.93. The molecule has 0 saturated heterocycles. The van der Waals surface area contributed by atoms with E-state index < -0.39 is 0 Å². The molecule has 0 N–H and O–H groups in total. The van der Waals surface area contributed by atoms with E-state index in [2.05, 4.69) is 200 Å². The molecule has 0 spiro atoms. The Morgan fingerprint density at radius 2 is 0.696 bits per heavy atom. The molecule has 0 aliphatic rings. The van der Waals surface area contributed by atoms with Gasteiger partial charge in [-0.15, -0.1) is 0 Å². The van der Waals surface area contributed by atoms with Gasteiger partial charge in [-0.3, -0.25) is 0 Å². The van der Waals surface area contributed by atoms with Crippen LogP contribution in [0.5, 0.6) is 0 Å². The maximum Gasteiger partial charge on any atom is 0.0978 e. The third-order valence-corrected chi connectivity index (χ3v) is 10.5. The molecule has 7 aromatic carbocycles. The molecule has 10 aromatic rings. The molecule has 10 rings (SSSR count). The SMILES string of the molecule is c1ccc(-c2cc(-c3ccccc3)nc(-c3cccc(-c4ccc(-c5ccc6ccc7c(-c8ccccc8)cc(-c8ccccc8)nc7c6n5)cc4)c3)c2)cc1. The Kier molecular flexibility index (Phi) is 8.51. The highest BCUT2D eigenvalue weighted by Crippen LogP contribution is 2.37. The van der Waals surface area contributed by atoms with Gasteiger partial charge in [0.05, 0.1) is 33.8 Å². The molecule has 3 aromatic heterocycles. The summed E-state index contributed by atoms with van der Waals surface area (Å²) in [4.78, 5) is 15.7. The van der Waals surface area contributed by atoms with Gasteiger partial charge in [-0.2, -0.15) is 0 Å². The number of aromatic nitrogens is 3. The fraction of sp³-hybridized carbons (Fsp3) is 0. The van der Waals surface area contributed by atoms with E-state index in [1.807, 2.05) is 12.1 Å². The highest BCUT2D eigenvalue weighted by molar-refractivity contribution is 6.09. The molecule has 262 valence electrons. The summed E-state index contributed by atoms with van der Waals surface area (Å²) < 4.78 is 0. The van der Waals surface area contributed by atoms with Gasteiger partial charge < -0.3 is 0 Å². The zero-order valence-electron chi connectivity index (χ0n) is 30.5. The molecule has 3 nitrogen and oxygen atoms in total. The number of hydrogen-bond acceptors (Lipinski definition) is 3. The van der Waals surface area contributed by atoms with E-state index in [0.717, 1.165) is 94.7 Å². The van der Waals surface area contributed by atoms with E-state index in [9.17, 15) is 0 Å². The van der Waals surface area contributed by atoms with Gasteiger partial charge in [0.2, 0.25) is 0 Å². The maximum absolute atomic E-state index is 5.30. The number of benzene rings is 7. The molecule has 0 radical (unpaired) electrons. The highest BCUT2D eigenvalue weighted by atomic mass is 14.8. The predicted molar refractivity (Wildman–Crippen MR) is 233 cm³/mol. The van der Waals surface area contributed by atoms with Crippen LogP contribution in [-0.4, -0.2) is 15.0 Å². The van der Waals surface area contributed by atoms with Gasteiger partial charge in [0.1, 0.15) is 0 Å². The van der Waals surface area contributed by atoms with Crippen molar-refractivity contribution in [2.45, 2.75) is 0 Å². The normalized spacial score (nSPS) is 11.2. The predicted octanol–water partition coefficient (Wildman–Crippen LogP) is 13.8. The van der Waals surface area contributed by atoms with Crippen LogP contribution in [0.1, 0.15) is 0 Å². The molecular formula is C53H35N3. The van der Waals surface area contributed by atoms with Crippen molar-refractivity contribution in [1.29, 1.82) is 0 Å². The molecule has 0 bridgehead atoms. The van der Waals surface area contributed by atoms with E-state index in [1.54, 1.807) is 0 Å². The number of hydrogen-bond donors (Lipinski definition) is 0. The summed E-state index contributed by atoms with van der Waals surface area (Å²) in [5, 5.41) is 2.15. The summed E-state index contributed by atoms with van der Waals surface area (Å²) in [6, 6.07) is 74.4. The van der Waals surface area contributed by atoms with E-state index in [0.29, 0.717) is 0 Å². The molecule has 0 amide bonds. The van der Waals surface area contributed by atoms with E-state index in [1.165, 1.54) is 5.56 Å². The number of fused-ring (bicyclic) bond motifs is 3. The number of pyridine rings is 3. The second-order valence-corrected chi connectivity index (χ2v) is 14.0. The quantitative estimate of drug-likeness (QED) is 0.154. The largest absolute Gasteiger partial charge is 0.248 e. The third-order valence-electron chi connectivity index (χ3n) is 10.5. The maximum atomic E-state index is 5.30. The summed E-state index contributed by atoms with van der Waals surface area (Å²) in [5.74, 6) is 0. The minimum Gasteiger partial charge on any atom is -0.248 e. The van der Waals surface area contributed by atoms with Crippen molar-refractivity contribution in [3.05, 3.63) is 212 Å². The van der Waals surface area contributed by atoms with E-state index >= 15 is 0 Å². The molecule has 0 atom stereocenters. The van der Waals surface area contributed by atoms with Gasteiger partial charge in [0.15, 0.2) is 0 Å². The first kappa shape index (κ1) is 33.1. The average molecular weight is 714 g/mol. The van der Waals surface area contributed by atoms with Crippen LogP contribution in [0.4, 0.5) is 0 Å². The molecule has 3 heteroatoms. The van der Waals surface area contributed by atoms with Crippen LogP contribution in [0.2, 0.25) is 0 Å². The minimum absolute atomic E-state index is 0.895. The Balaban J connectivity index is 1.02. The van der Waals surface area contributed by atoms with Crippen LogP contribution >= 0.6 is 0 Å². The molecule has 0 aliphatic carbocycles. The standard InChI is InChI=1S/C53H35N3/c1-5-14-36(15-6-1)45-33-49(39-18-9-3-10-19-39)54-50(34-45)44-23-13-22-43(32-44)37-24-26-41(27-25-37)48-31-29-42-28-30-46-47(38-16-7-2-8-17-38)35-51(40-20-11-4-12-21-40)56-53(46)52(42)55-48/h1-35H. The van der Waals surface area contributed by atoms with Gasteiger partial charge in [0, 0.05) is 33.0 Å². The molecule has 3 heterocycles. The lowest BCUT2D eigenvalue weighted by molar-refractivity contribution is 1.32. The first-order valence-electron chi connectivity index (χ1n) is 18.9. The highest BCUT2D eigenvalue weighted by Gasteiger charge is 2.15. The van der Waals surface area contributed by atoms with Crippen molar-refractivity contribution in [2.75, 3.05) is 0 Å². The van der Waals surface area contributed by atoms with Gasteiger partial charge in [-0.05, 0) is 63.7 Å². The van der Waals surface area contributed by atoms with Crippen molar-refractivity contribution in [1.82, 2.24) is 15.0 Å². The smallest absolute Gasteiger partial charge is 0.0978 e. The van der Waals surface area contributed by atoms with Gasteiger partial charge in [0.25, 0.3) is 0 Å². The van der Waals surface area contributed by atoms with Crippen molar-refractivity contribution in [3.8, 4) is 78.4 Å². The van der Waals surface area contributed by atoms with Gasteiger partial charge in [-0.1, -0.05) is 182 Å². The molecule has 56 heavy (non-hydrogen) atoms. The second-order valence-electron chi connectivity index (χ2n) is 14.0. The topological polar surface area (TPSA) is 38.7 Å². The molecule has 0 fully saturated rings. The van der Waals surface area contributed by atoms with Crippen LogP contribution in [0.15, 0.2) is 212 Å². The fourth-order valence-electron chi connectivity index (χ4n) is 7.57. The fourth-order valence-corrected chi connectivity index (χ4v) is 7.57. The van der Waals surface area contributed by atoms with Crippen molar-refractivity contribution >= 4 is 21.8 Å². The average Bonchev–Trinajstić information content (AvgIpc) is 3.29. The van der Waals surface area contributed by atoms with E-state index in [4.69, 9.17) is 15.0 Å². The minimum atomic E-state index is 0.895. The third kappa shape index (κ3) is 6.42. The summed E-state index contributed by atoms with van der Waals surface area (Å²) >= 11 is 0. The van der Waals surface area contributed by atoms with Gasteiger partial charge in [-0.25, -0.2) is 15.0 Å². The van der Waals surface area contributed by atoms with Crippen LogP contribution < -0.4 is 0 Å². The van der Waals surface area contributed by atoms with Crippen molar-refractivity contribution < 1.29 is 0 Å². The van der Waals surface area contributed by atoms with Crippen LogP contribution in [-0.2, 0) is 0 Å². The van der Waals surface area contributed by atoms with Crippen molar-refractivity contribution in [2.24, 2.45) is 0 Å². The number of rotatable bonds is 7. The Labute approximate surface area is 326 Å². The van der Waals surface area contributed by atoms with Crippen LogP contribution in [0.25, 0.3) is 100 Å². The zero-order chi connectivity index (χ0) is 37.3. The molecule has 0 unspecified atom stereocenters. The molecule has 0 aliphatic heterocycles.